The zero-order valence-electron chi connectivity index (χ0n) is 8.50. The Morgan fingerprint density at radius 1 is 1.69 bits per heavy atom. The van der Waals surface area contributed by atoms with Gasteiger partial charge in [-0.3, -0.25) is 4.79 Å². The number of carboxylic acid groups (broad SMARTS) is 1. The molecule has 0 unspecified atom stereocenters. The number of benzene rings is 1. The maximum Gasteiger partial charge on any atom is 0.324 e. The standard InChI is InChI=1S/C11H9ClFNO2/c1-11(6-14,10(15)16)5-7-8(12)3-2-4-9(7)13/h2-4H,5H2,1H3,(H,15,16)/t11-/m0/s1. The molecule has 0 heterocycles. The lowest BCUT2D eigenvalue weighted by atomic mass is 9.85. The smallest absolute Gasteiger partial charge is 0.324 e. The van der Waals surface area contributed by atoms with Gasteiger partial charge in [0.15, 0.2) is 5.41 Å². The molecule has 0 amide bonds. The molecule has 1 rings (SSSR count). The predicted molar refractivity (Wildman–Crippen MR) is 56.5 cm³/mol. The molecule has 0 bridgehead atoms. The molecule has 84 valence electrons. The van der Waals surface area contributed by atoms with Crippen molar-refractivity contribution in [2.45, 2.75) is 13.3 Å². The zero-order valence-corrected chi connectivity index (χ0v) is 9.25. The lowest BCUT2D eigenvalue weighted by Crippen LogP contribution is -2.28. The molecule has 0 fully saturated rings. The van der Waals surface area contributed by atoms with Crippen molar-refractivity contribution in [1.29, 1.82) is 5.26 Å². The van der Waals surface area contributed by atoms with Crippen LogP contribution in [0.3, 0.4) is 0 Å². The van der Waals surface area contributed by atoms with Crippen molar-refractivity contribution in [2.24, 2.45) is 5.41 Å². The van der Waals surface area contributed by atoms with Crippen LogP contribution in [0.15, 0.2) is 18.2 Å². The lowest BCUT2D eigenvalue weighted by molar-refractivity contribution is -0.144. The van der Waals surface area contributed by atoms with Gasteiger partial charge in [0, 0.05) is 17.0 Å². The van der Waals surface area contributed by atoms with Crippen LogP contribution < -0.4 is 0 Å². The fourth-order valence-corrected chi connectivity index (χ4v) is 1.45. The number of carboxylic acids is 1. The molecule has 0 aliphatic rings. The van der Waals surface area contributed by atoms with E-state index in [4.69, 9.17) is 22.0 Å². The minimum Gasteiger partial charge on any atom is -0.480 e. The summed E-state index contributed by atoms with van der Waals surface area (Å²) in [6.45, 7) is 1.23. The Morgan fingerprint density at radius 3 is 2.75 bits per heavy atom. The molecule has 1 aromatic rings. The fourth-order valence-electron chi connectivity index (χ4n) is 1.22. The van der Waals surface area contributed by atoms with E-state index in [0.29, 0.717) is 0 Å². The first-order valence-electron chi connectivity index (χ1n) is 4.48. The number of nitrogens with zero attached hydrogens (tertiary/aromatic N) is 1. The van der Waals surface area contributed by atoms with E-state index in [9.17, 15) is 9.18 Å². The molecule has 0 spiro atoms. The van der Waals surface area contributed by atoms with Crippen molar-refractivity contribution >= 4 is 17.6 Å². The topological polar surface area (TPSA) is 61.1 Å². The van der Waals surface area contributed by atoms with Gasteiger partial charge in [0.1, 0.15) is 5.82 Å². The van der Waals surface area contributed by atoms with Gasteiger partial charge in [-0.15, -0.1) is 0 Å². The molecule has 0 aromatic heterocycles. The lowest BCUT2D eigenvalue weighted by Gasteiger charge is -2.17. The molecule has 0 saturated carbocycles. The molecule has 0 radical (unpaired) electrons. The highest BCUT2D eigenvalue weighted by Gasteiger charge is 2.35. The van der Waals surface area contributed by atoms with E-state index < -0.39 is 17.2 Å². The highest BCUT2D eigenvalue weighted by molar-refractivity contribution is 6.31. The van der Waals surface area contributed by atoms with Crippen LogP contribution in [0, 0.1) is 22.6 Å². The SMILES string of the molecule is C[C@@](C#N)(Cc1c(F)cccc1Cl)C(=O)O. The summed E-state index contributed by atoms with van der Waals surface area (Å²) in [4.78, 5) is 10.9. The van der Waals surface area contributed by atoms with E-state index in [1.807, 2.05) is 0 Å². The van der Waals surface area contributed by atoms with Gasteiger partial charge in [0.2, 0.25) is 0 Å². The van der Waals surface area contributed by atoms with Crippen LogP contribution in [0.2, 0.25) is 5.02 Å². The van der Waals surface area contributed by atoms with Gasteiger partial charge in [-0.05, 0) is 19.1 Å². The number of aliphatic carboxylic acids is 1. The first-order valence-corrected chi connectivity index (χ1v) is 4.86. The maximum atomic E-state index is 13.4. The van der Waals surface area contributed by atoms with Crippen LogP contribution in [0.5, 0.6) is 0 Å². The normalized spacial score (nSPS) is 13.9. The summed E-state index contributed by atoms with van der Waals surface area (Å²) < 4.78 is 13.4. The van der Waals surface area contributed by atoms with Crippen LogP contribution in [0.25, 0.3) is 0 Å². The van der Waals surface area contributed by atoms with Crippen LogP contribution in [-0.2, 0) is 11.2 Å². The third-order valence-corrected chi connectivity index (χ3v) is 2.66. The highest BCUT2D eigenvalue weighted by Crippen LogP contribution is 2.28. The monoisotopic (exact) mass is 241 g/mol. The quantitative estimate of drug-likeness (QED) is 0.885. The van der Waals surface area contributed by atoms with Gasteiger partial charge in [-0.25, -0.2) is 4.39 Å². The molecule has 1 N–H and O–H groups in total. The van der Waals surface area contributed by atoms with Gasteiger partial charge < -0.3 is 5.11 Å². The number of carbonyl (C=O) groups is 1. The van der Waals surface area contributed by atoms with E-state index >= 15 is 0 Å². The third-order valence-electron chi connectivity index (χ3n) is 2.31. The van der Waals surface area contributed by atoms with Gasteiger partial charge in [-0.1, -0.05) is 17.7 Å². The van der Waals surface area contributed by atoms with Crippen molar-refractivity contribution in [3.05, 3.63) is 34.6 Å². The summed E-state index contributed by atoms with van der Waals surface area (Å²) in [7, 11) is 0. The Balaban J connectivity index is 3.15. The van der Waals surface area contributed by atoms with Crippen molar-refractivity contribution < 1.29 is 14.3 Å². The summed E-state index contributed by atoms with van der Waals surface area (Å²) in [6, 6.07) is 5.72. The van der Waals surface area contributed by atoms with Crippen molar-refractivity contribution in [2.75, 3.05) is 0 Å². The Morgan fingerprint density at radius 2 is 2.31 bits per heavy atom. The molecule has 0 aliphatic heterocycles. The summed E-state index contributed by atoms with van der Waals surface area (Å²) in [5, 5.41) is 17.8. The molecule has 0 aliphatic carbocycles. The Hall–Kier alpha value is -1.60. The molecule has 0 saturated heterocycles. The van der Waals surface area contributed by atoms with Gasteiger partial charge in [0.05, 0.1) is 6.07 Å². The molecule has 1 atom stereocenters. The van der Waals surface area contributed by atoms with Gasteiger partial charge in [0.25, 0.3) is 0 Å². The Labute approximate surface area is 97.1 Å². The van der Waals surface area contributed by atoms with Crippen molar-refractivity contribution in [3.8, 4) is 6.07 Å². The summed E-state index contributed by atoms with van der Waals surface area (Å²) in [5.74, 6) is -1.90. The van der Waals surface area contributed by atoms with E-state index in [0.717, 1.165) is 0 Å². The number of hydrogen-bond acceptors (Lipinski definition) is 2. The summed E-state index contributed by atoms with van der Waals surface area (Å²) in [6.07, 6.45) is -0.260. The Kier molecular flexibility index (Phi) is 3.51. The second kappa shape index (κ2) is 4.50. The van der Waals surface area contributed by atoms with Crippen molar-refractivity contribution in [3.63, 3.8) is 0 Å². The van der Waals surface area contributed by atoms with Crippen molar-refractivity contribution in [1.82, 2.24) is 0 Å². The first-order chi connectivity index (χ1) is 7.40. The second-order valence-corrected chi connectivity index (χ2v) is 4.03. The molecule has 1 aromatic carbocycles. The van der Waals surface area contributed by atoms with Gasteiger partial charge in [-0.2, -0.15) is 5.26 Å². The first kappa shape index (κ1) is 12.5. The molecular formula is C11H9ClFNO2. The largest absolute Gasteiger partial charge is 0.480 e. The van der Waals surface area contributed by atoms with Crippen LogP contribution >= 0.6 is 11.6 Å². The van der Waals surface area contributed by atoms with E-state index in [2.05, 4.69) is 0 Å². The fraction of sp³-hybridized carbons (Fsp3) is 0.273. The second-order valence-electron chi connectivity index (χ2n) is 3.63. The molecule has 5 heteroatoms. The maximum absolute atomic E-state index is 13.4. The molecular weight excluding hydrogens is 233 g/mol. The molecule has 3 nitrogen and oxygen atoms in total. The number of hydrogen-bond donors (Lipinski definition) is 1. The van der Waals surface area contributed by atoms with E-state index in [1.54, 1.807) is 6.07 Å². The summed E-state index contributed by atoms with van der Waals surface area (Å²) in [5.41, 5.74) is -1.62. The van der Waals surface area contributed by atoms with Gasteiger partial charge >= 0.3 is 5.97 Å². The molecule has 16 heavy (non-hydrogen) atoms. The van der Waals surface area contributed by atoms with Crippen LogP contribution in [-0.4, -0.2) is 11.1 Å². The number of halogens is 2. The average molecular weight is 242 g/mol. The number of nitriles is 1. The minimum atomic E-state index is -1.67. The Bertz CT molecular complexity index is 449. The zero-order chi connectivity index (χ0) is 12.3. The minimum absolute atomic E-state index is 0.0515. The van der Waals surface area contributed by atoms with Crippen LogP contribution in [0.1, 0.15) is 12.5 Å². The third kappa shape index (κ3) is 2.31. The van der Waals surface area contributed by atoms with Crippen LogP contribution in [0.4, 0.5) is 4.39 Å². The van der Waals surface area contributed by atoms with E-state index in [-0.39, 0.29) is 17.0 Å². The highest BCUT2D eigenvalue weighted by atomic mass is 35.5. The van der Waals surface area contributed by atoms with E-state index in [1.165, 1.54) is 25.1 Å². The summed E-state index contributed by atoms with van der Waals surface area (Å²) >= 11 is 5.75. The number of rotatable bonds is 3. The predicted octanol–water partition coefficient (Wildman–Crippen LogP) is 2.64. The average Bonchev–Trinajstić information content (AvgIpc) is 2.23.